The predicted octanol–water partition coefficient (Wildman–Crippen LogP) is 3.97. The second-order valence-corrected chi connectivity index (χ2v) is 4.12. The van der Waals surface area contributed by atoms with E-state index in [9.17, 15) is 26.3 Å². The second-order valence-electron chi connectivity index (χ2n) is 3.73. The van der Waals surface area contributed by atoms with Gasteiger partial charge in [-0.1, -0.05) is 0 Å². The van der Waals surface area contributed by atoms with Gasteiger partial charge in [0.05, 0.1) is 5.56 Å². The minimum absolute atomic E-state index is 0.163. The van der Waals surface area contributed by atoms with Gasteiger partial charge in [0, 0.05) is 5.69 Å². The van der Waals surface area contributed by atoms with Crippen LogP contribution in [0, 0.1) is 4.77 Å². The summed E-state index contributed by atoms with van der Waals surface area (Å²) in [6.45, 7) is 0. The molecule has 0 saturated carbocycles. The number of H-pyrrole nitrogens is 1. The van der Waals surface area contributed by atoms with Crippen LogP contribution < -0.4 is 0 Å². The van der Waals surface area contributed by atoms with E-state index in [0.29, 0.717) is 16.7 Å². The minimum Gasteiger partial charge on any atom is -0.264 e. The van der Waals surface area contributed by atoms with Crippen molar-refractivity contribution in [3.63, 3.8) is 0 Å². The Balaban J connectivity index is 2.53. The third-order valence-electron chi connectivity index (χ3n) is 2.38. The van der Waals surface area contributed by atoms with E-state index in [-0.39, 0.29) is 10.5 Å². The molecule has 10 heteroatoms. The lowest BCUT2D eigenvalue weighted by molar-refractivity contribution is -0.146. The van der Waals surface area contributed by atoms with E-state index >= 15 is 0 Å². The van der Waals surface area contributed by atoms with Crippen molar-refractivity contribution in [2.45, 2.75) is 12.4 Å². The Labute approximate surface area is 112 Å². The number of aromatic amines is 1. The van der Waals surface area contributed by atoms with Crippen molar-refractivity contribution in [3.8, 4) is 5.69 Å². The molecule has 0 fully saturated rings. The number of hydrogen-bond donors (Lipinski definition) is 1. The third kappa shape index (κ3) is 2.69. The van der Waals surface area contributed by atoms with Crippen LogP contribution in [0.25, 0.3) is 5.69 Å². The van der Waals surface area contributed by atoms with Crippen molar-refractivity contribution in [2.24, 2.45) is 0 Å². The molecule has 20 heavy (non-hydrogen) atoms. The number of aromatic nitrogens is 3. The lowest BCUT2D eigenvalue weighted by atomic mass is 10.2. The number of nitrogens with one attached hydrogen (secondary N) is 1. The molecule has 1 aromatic carbocycles. The number of halogens is 6. The van der Waals surface area contributed by atoms with E-state index < -0.39 is 23.7 Å². The van der Waals surface area contributed by atoms with E-state index in [1.54, 1.807) is 0 Å². The van der Waals surface area contributed by atoms with Crippen LogP contribution in [0.5, 0.6) is 0 Å². The summed E-state index contributed by atoms with van der Waals surface area (Å²) < 4.78 is 75.4. The third-order valence-corrected chi connectivity index (χ3v) is 2.65. The molecule has 0 radical (unpaired) electrons. The maximum Gasteiger partial charge on any atom is 0.452 e. The summed E-state index contributed by atoms with van der Waals surface area (Å²) in [6.07, 6.45) is -9.35. The molecule has 0 amide bonds. The molecule has 2 aromatic rings. The van der Waals surface area contributed by atoms with Crippen LogP contribution in [0.1, 0.15) is 11.4 Å². The average Bonchev–Trinajstić information content (AvgIpc) is 2.70. The van der Waals surface area contributed by atoms with Crippen LogP contribution in [-0.2, 0) is 12.4 Å². The molecule has 1 aromatic heterocycles. The Hall–Kier alpha value is -1.84. The summed E-state index contributed by atoms with van der Waals surface area (Å²) in [5, 5.41) is 4.99. The summed E-state index contributed by atoms with van der Waals surface area (Å²) in [7, 11) is 0. The van der Waals surface area contributed by atoms with Gasteiger partial charge in [0.2, 0.25) is 5.82 Å². The standard InChI is InChI=1S/C10H5F6N3S/c11-9(12,13)5-1-3-6(4-2-5)19-7(10(14,15)16)17-18-8(19)20/h1-4H,(H,18,20). The van der Waals surface area contributed by atoms with Crippen molar-refractivity contribution in [1.82, 2.24) is 14.8 Å². The molecule has 0 atom stereocenters. The highest BCUT2D eigenvalue weighted by Crippen LogP contribution is 2.32. The number of benzene rings is 1. The molecule has 0 unspecified atom stereocenters. The molecule has 2 rings (SSSR count). The first-order chi connectivity index (χ1) is 9.10. The first kappa shape index (κ1) is 14.6. The summed E-state index contributed by atoms with van der Waals surface area (Å²) in [4.78, 5) is 0. The summed E-state index contributed by atoms with van der Waals surface area (Å²) in [6, 6.07) is 3.13. The van der Waals surface area contributed by atoms with Crippen LogP contribution in [0.2, 0.25) is 0 Å². The Bertz CT molecular complexity index is 664. The van der Waals surface area contributed by atoms with E-state index in [1.165, 1.54) is 0 Å². The summed E-state index contributed by atoms with van der Waals surface area (Å²) in [5.74, 6) is -1.33. The van der Waals surface area contributed by atoms with Crippen molar-refractivity contribution in [1.29, 1.82) is 0 Å². The highest BCUT2D eigenvalue weighted by atomic mass is 32.1. The molecule has 0 bridgehead atoms. The fraction of sp³-hybridized carbons (Fsp3) is 0.200. The van der Waals surface area contributed by atoms with Gasteiger partial charge in [0.25, 0.3) is 0 Å². The van der Waals surface area contributed by atoms with Crippen molar-refractivity contribution in [3.05, 3.63) is 40.4 Å². The zero-order chi connectivity index (χ0) is 15.1. The molecular formula is C10H5F6N3S. The minimum atomic E-state index is -4.78. The van der Waals surface area contributed by atoms with Gasteiger partial charge in [-0.25, -0.2) is 0 Å². The van der Waals surface area contributed by atoms with Gasteiger partial charge in [-0.05, 0) is 36.5 Å². The lowest BCUT2D eigenvalue weighted by Gasteiger charge is -2.11. The Morgan fingerprint density at radius 1 is 0.950 bits per heavy atom. The van der Waals surface area contributed by atoms with Gasteiger partial charge in [-0.2, -0.15) is 26.3 Å². The van der Waals surface area contributed by atoms with Gasteiger partial charge < -0.3 is 0 Å². The monoisotopic (exact) mass is 313 g/mol. The van der Waals surface area contributed by atoms with Crippen LogP contribution in [0.15, 0.2) is 24.3 Å². The highest BCUT2D eigenvalue weighted by molar-refractivity contribution is 7.71. The largest absolute Gasteiger partial charge is 0.452 e. The molecule has 0 aliphatic heterocycles. The molecule has 1 N–H and O–H groups in total. The fourth-order valence-electron chi connectivity index (χ4n) is 1.53. The molecule has 1 heterocycles. The van der Waals surface area contributed by atoms with Crippen LogP contribution >= 0.6 is 12.2 Å². The number of alkyl halides is 6. The van der Waals surface area contributed by atoms with Crippen molar-refractivity contribution in [2.75, 3.05) is 0 Å². The van der Waals surface area contributed by atoms with Gasteiger partial charge in [0.15, 0.2) is 4.77 Å². The first-order valence-corrected chi connectivity index (χ1v) is 5.44. The quantitative estimate of drug-likeness (QED) is 0.638. The van der Waals surface area contributed by atoms with Crippen LogP contribution in [-0.4, -0.2) is 14.8 Å². The lowest BCUT2D eigenvalue weighted by Crippen LogP contribution is -2.14. The summed E-state index contributed by atoms with van der Waals surface area (Å²) >= 11 is 4.65. The van der Waals surface area contributed by atoms with Crippen LogP contribution in [0.3, 0.4) is 0 Å². The Morgan fingerprint density at radius 3 is 1.95 bits per heavy atom. The van der Waals surface area contributed by atoms with E-state index in [0.717, 1.165) is 12.1 Å². The van der Waals surface area contributed by atoms with Gasteiger partial charge in [-0.3, -0.25) is 9.67 Å². The molecule has 3 nitrogen and oxygen atoms in total. The first-order valence-electron chi connectivity index (χ1n) is 5.03. The van der Waals surface area contributed by atoms with E-state index in [4.69, 9.17) is 0 Å². The molecule has 0 aliphatic rings. The zero-order valence-electron chi connectivity index (χ0n) is 9.38. The number of rotatable bonds is 1. The molecular weight excluding hydrogens is 308 g/mol. The van der Waals surface area contributed by atoms with Gasteiger partial charge in [0.1, 0.15) is 0 Å². The van der Waals surface area contributed by atoms with Crippen molar-refractivity contribution < 1.29 is 26.3 Å². The van der Waals surface area contributed by atoms with Crippen molar-refractivity contribution >= 4 is 12.2 Å². The number of nitrogens with zero attached hydrogens (tertiary/aromatic N) is 2. The predicted molar refractivity (Wildman–Crippen MR) is 58.8 cm³/mol. The van der Waals surface area contributed by atoms with E-state index in [1.807, 2.05) is 5.10 Å². The molecule has 0 aliphatic carbocycles. The highest BCUT2D eigenvalue weighted by Gasteiger charge is 2.38. The molecule has 0 spiro atoms. The summed E-state index contributed by atoms with van der Waals surface area (Å²) in [5.41, 5.74) is -1.13. The van der Waals surface area contributed by atoms with Gasteiger partial charge >= 0.3 is 12.4 Å². The maximum absolute atomic E-state index is 12.7. The molecule has 108 valence electrons. The number of hydrogen-bond acceptors (Lipinski definition) is 2. The SMILES string of the molecule is FC(F)(F)c1ccc(-n2c(C(F)(F)F)n[nH]c2=S)cc1. The maximum atomic E-state index is 12.7. The normalized spacial score (nSPS) is 12.7. The average molecular weight is 313 g/mol. The Morgan fingerprint density at radius 2 is 1.50 bits per heavy atom. The van der Waals surface area contributed by atoms with Gasteiger partial charge in [-0.15, -0.1) is 5.10 Å². The Kier molecular flexibility index (Phi) is 3.36. The molecule has 0 saturated heterocycles. The zero-order valence-corrected chi connectivity index (χ0v) is 10.2. The van der Waals surface area contributed by atoms with Crippen LogP contribution in [0.4, 0.5) is 26.3 Å². The van der Waals surface area contributed by atoms with E-state index in [2.05, 4.69) is 17.3 Å². The topological polar surface area (TPSA) is 33.6 Å². The second kappa shape index (κ2) is 4.62. The smallest absolute Gasteiger partial charge is 0.264 e. The fourth-order valence-corrected chi connectivity index (χ4v) is 1.76.